The Morgan fingerprint density at radius 3 is 1.16 bits per heavy atom. The Kier molecular flexibility index (Phi) is 20.6. The maximum absolute atomic E-state index is 12.1. The second kappa shape index (κ2) is 24.6. The van der Waals surface area contributed by atoms with Crippen LogP contribution in [0.15, 0.2) is 61.1 Å². The van der Waals surface area contributed by atoms with Crippen LogP contribution in [0, 0.1) is 0 Å². The molecule has 370 valence electrons. The van der Waals surface area contributed by atoms with Crippen molar-refractivity contribution in [1.82, 2.24) is 15.0 Å². The first kappa shape index (κ1) is 57.0. The third kappa shape index (κ3) is 17.3. The van der Waals surface area contributed by atoms with Gasteiger partial charge in [0.1, 0.15) is 34.3 Å². The number of benzene rings is 1. The molecule has 4 aromatic rings. The Hall–Kier alpha value is -7.14. The number of Topliss-reactive ketones (excluding diaryl/α,β-unsaturated/α-hetero) is 3. The van der Waals surface area contributed by atoms with Crippen molar-refractivity contribution < 1.29 is 110 Å². The van der Waals surface area contributed by atoms with E-state index in [2.05, 4.69) is 37.5 Å². The third-order valence-electron chi connectivity index (χ3n) is 7.83. The quantitative estimate of drug-likeness (QED) is 0.0291. The Labute approximate surface area is 384 Å². The second-order valence-electron chi connectivity index (χ2n) is 12.6. The van der Waals surface area contributed by atoms with Crippen molar-refractivity contribution in [2.24, 2.45) is 0 Å². The molecule has 0 unspecified atom stereocenters. The van der Waals surface area contributed by atoms with Crippen LogP contribution in [0.5, 0.6) is 28.7 Å². The van der Waals surface area contributed by atoms with Crippen LogP contribution in [-0.2, 0) is 48.8 Å². The zero-order valence-electron chi connectivity index (χ0n) is 34.8. The van der Waals surface area contributed by atoms with Crippen LogP contribution in [0.3, 0.4) is 0 Å². The average Bonchev–Trinajstić information content (AvgIpc) is 3.25. The highest BCUT2D eigenvalue weighted by molar-refractivity contribution is 7.88. The van der Waals surface area contributed by atoms with Gasteiger partial charge in [-0.2, -0.15) is 43.2 Å². The number of esters is 3. The van der Waals surface area contributed by atoms with E-state index in [0.717, 1.165) is 19.8 Å². The number of aromatic nitrogens is 3. The molecule has 0 saturated heterocycles. The molecule has 4 rings (SSSR count). The summed E-state index contributed by atoms with van der Waals surface area (Å²) in [6, 6.07) is 9.50. The lowest BCUT2D eigenvalue weighted by Crippen LogP contribution is -2.28. The van der Waals surface area contributed by atoms with Gasteiger partial charge in [-0.25, -0.2) is 15.0 Å². The van der Waals surface area contributed by atoms with Gasteiger partial charge in [-0.15, -0.1) is 0 Å². The highest BCUT2D eigenvalue weighted by atomic mass is 35.5. The smallest absolute Gasteiger partial charge is 0.506 e. The van der Waals surface area contributed by atoms with E-state index in [1.807, 2.05) is 6.07 Å². The molecule has 0 radical (unpaired) electrons. The number of pyridine rings is 3. The Morgan fingerprint density at radius 1 is 0.529 bits per heavy atom. The SMILES string of the molecule is COC(=O)CCC(=O)c1ncc(-c2cccc(Cl)c2)cc1O.COC(=O)CCC(=O)c1ncc(OS(=O)(=O)C(F)(F)F)cc1O.COC(=O)CCC(=O)c1ncc(OS(=O)(=O)C(F)(F)F)cc1O. The van der Waals surface area contributed by atoms with Crippen LogP contribution in [0.1, 0.15) is 70.0 Å². The minimum atomic E-state index is -5.92. The minimum absolute atomic E-state index is 0.0491. The number of ether oxygens (including phenoxy) is 3. The van der Waals surface area contributed by atoms with Crippen molar-refractivity contribution in [1.29, 1.82) is 0 Å². The summed E-state index contributed by atoms with van der Waals surface area (Å²) in [5, 5.41) is 29.6. The van der Waals surface area contributed by atoms with Crippen LogP contribution in [-0.4, -0.2) is 115 Å². The molecule has 0 spiro atoms. The molecular weight excluding hydrogens is 1000 g/mol. The molecule has 68 heavy (non-hydrogen) atoms. The molecule has 0 aliphatic rings. The van der Waals surface area contributed by atoms with Crippen molar-refractivity contribution in [3.05, 3.63) is 83.2 Å². The molecule has 0 bridgehead atoms. The van der Waals surface area contributed by atoms with Crippen LogP contribution in [0.2, 0.25) is 5.02 Å². The fourth-order valence-electron chi connectivity index (χ4n) is 4.54. The van der Waals surface area contributed by atoms with E-state index in [1.165, 1.54) is 19.4 Å². The van der Waals surface area contributed by atoms with Crippen molar-refractivity contribution >= 4 is 67.1 Å². The van der Waals surface area contributed by atoms with Crippen molar-refractivity contribution in [3.8, 4) is 39.9 Å². The maximum Gasteiger partial charge on any atom is 0.534 e. The first-order chi connectivity index (χ1) is 31.5. The van der Waals surface area contributed by atoms with E-state index in [9.17, 15) is 87.3 Å². The highest BCUT2D eigenvalue weighted by Gasteiger charge is 2.49. The first-order valence-corrected chi connectivity index (χ1v) is 21.3. The normalized spacial score (nSPS) is 11.3. The zero-order valence-corrected chi connectivity index (χ0v) is 37.2. The number of methoxy groups -OCH3 is 3. The van der Waals surface area contributed by atoms with E-state index in [0.29, 0.717) is 35.1 Å². The van der Waals surface area contributed by atoms with Gasteiger partial charge in [-0.3, -0.25) is 28.8 Å². The van der Waals surface area contributed by atoms with Crippen LogP contribution in [0.25, 0.3) is 11.1 Å². The average molecular weight is 1030 g/mol. The van der Waals surface area contributed by atoms with Crippen LogP contribution in [0.4, 0.5) is 26.3 Å². The van der Waals surface area contributed by atoms with Gasteiger partial charge in [0.05, 0.1) is 53.0 Å². The van der Waals surface area contributed by atoms with Gasteiger partial charge in [-0.1, -0.05) is 23.7 Å². The molecule has 3 N–H and O–H groups in total. The van der Waals surface area contributed by atoms with Gasteiger partial charge >= 0.3 is 49.2 Å². The number of carbonyl (C=O) groups is 6. The Bertz CT molecular complexity index is 2620. The van der Waals surface area contributed by atoms with E-state index in [1.54, 1.807) is 18.2 Å². The molecule has 0 aliphatic heterocycles. The van der Waals surface area contributed by atoms with Crippen molar-refractivity contribution in [3.63, 3.8) is 0 Å². The van der Waals surface area contributed by atoms with E-state index >= 15 is 0 Å². The molecule has 0 aliphatic carbocycles. The van der Waals surface area contributed by atoms with Gasteiger partial charge in [-0.05, 0) is 23.8 Å². The molecule has 3 aromatic heterocycles. The number of nitrogens with zero attached hydrogens (tertiary/aromatic N) is 3. The molecular formula is C38H34ClF6N3O18S2. The Morgan fingerprint density at radius 2 is 0.868 bits per heavy atom. The predicted molar refractivity (Wildman–Crippen MR) is 216 cm³/mol. The van der Waals surface area contributed by atoms with Crippen LogP contribution >= 0.6 is 11.6 Å². The molecule has 0 saturated carbocycles. The summed E-state index contributed by atoms with van der Waals surface area (Å²) in [6.07, 6.45) is 1.09. The lowest BCUT2D eigenvalue weighted by Gasteiger charge is -2.10. The first-order valence-electron chi connectivity index (χ1n) is 18.1. The lowest BCUT2D eigenvalue weighted by molar-refractivity contribution is -0.141. The van der Waals surface area contributed by atoms with Gasteiger partial charge < -0.3 is 37.9 Å². The number of alkyl halides is 6. The number of hydrogen-bond donors (Lipinski definition) is 3. The van der Waals surface area contributed by atoms with Crippen molar-refractivity contribution in [2.75, 3.05) is 21.3 Å². The lowest BCUT2D eigenvalue weighted by atomic mass is 10.1. The van der Waals surface area contributed by atoms with E-state index in [-0.39, 0.29) is 50.0 Å². The van der Waals surface area contributed by atoms with Gasteiger partial charge in [0, 0.05) is 48.2 Å². The zero-order chi connectivity index (χ0) is 51.8. The summed E-state index contributed by atoms with van der Waals surface area (Å²) in [4.78, 5) is 78.8. The summed E-state index contributed by atoms with van der Waals surface area (Å²) in [7, 11) is -8.38. The predicted octanol–water partition coefficient (Wildman–Crippen LogP) is 5.55. The van der Waals surface area contributed by atoms with Crippen molar-refractivity contribution in [2.45, 2.75) is 49.5 Å². The van der Waals surface area contributed by atoms with Gasteiger partial charge in [0.15, 0.2) is 28.8 Å². The van der Waals surface area contributed by atoms with E-state index < -0.39 is 101 Å². The number of hydrogen-bond acceptors (Lipinski definition) is 21. The Balaban J connectivity index is 0.000000350. The molecule has 30 heteroatoms. The summed E-state index contributed by atoms with van der Waals surface area (Å²) in [6.45, 7) is 0. The topological polar surface area (TPSA) is 316 Å². The molecule has 0 amide bonds. The summed E-state index contributed by atoms with van der Waals surface area (Å²) >= 11 is 5.92. The highest BCUT2D eigenvalue weighted by Crippen LogP contribution is 2.32. The number of halogens is 7. The number of aromatic hydroxyl groups is 3. The van der Waals surface area contributed by atoms with Gasteiger partial charge in [0.2, 0.25) is 0 Å². The second-order valence-corrected chi connectivity index (χ2v) is 16.2. The number of ketones is 3. The fraction of sp³-hybridized carbons (Fsp3) is 0.289. The van der Waals surface area contributed by atoms with E-state index in [4.69, 9.17) is 11.6 Å². The largest absolute Gasteiger partial charge is 0.534 e. The number of rotatable bonds is 17. The monoisotopic (exact) mass is 1030 g/mol. The summed E-state index contributed by atoms with van der Waals surface area (Å²) < 4.78 is 137. The standard InChI is InChI=1S/C16H14ClNO4.2C11H10F3NO7S/c1-22-15(21)6-5-13(19)16-14(20)8-11(9-18-16)10-3-2-4-12(17)7-10;2*1-21-9(18)3-2-7(16)10-8(17)4-6(5-15-10)22-23(19,20)11(12,13)14/h2-4,7-9,20H,5-6H2,1H3;2*4-5,17H,2-3H2,1H3. The summed E-state index contributed by atoms with van der Waals surface area (Å²) in [5.74, 6) is -7.73. The molecule has 3 heterocycles. The molecule has 0 atom stereocenters. The fourth-order valence-corrected chi connectivity index (χ4v) is 5.61. The van der Waals surface area contributed by atoms with Crippen LogP contribution < -0.4 is 8.37 Å². The summed E-state index contributed by atoms with van der Waals surface area (Å²) in [5.41, 5.74) is -11.0. The minimum Gasteiger partial charge on any atom is -0.506 e. The molecule has 21 nitrogen and oxygen atoms in total. The number of carbonyl (C=O) groups excluding carboxylic acids is 6. The van der Waals surface area contributed by atoms with Gasteiger partial charge in [0.25, 0.3) is 0 Å². The molecule has 1 aromatic carbocycles. The maximum atomic E-state index is 12.1. The third-order valence-corrected chi connectivity index (χ3v) is 10.0. The molecule has 0 fully saturated rings.